The van der Waals surface area contributed by atoms with Gasteiger partial charge in [0.2, 0.25) is 0 Å². The van der Waals surface area contributed by atoms with Gasteiger partial charge in [-0.05, 0) is 69.0 Å². The molecule has 2 nitrogen and oxygen atoms in total. The molecule has 0 aromatic rings. The molecule has 0 radical (unpaired) electrons. The Kier molecular flexibility index (Phi) is 5.65. The Bertz CT molecular complexity index is 350. The van der Waals surface area contributed by atoms with Crippen LogP contribution in [-0.2, 0) is 0 Å². The van der Waals surface area contributed by atoms with E-state index in [4.69, 9.17) is 0 Å². The van der Waals surface area contributed by atoms with Crippen molar-refractivity contribution in [1.29, 1.82) is 0 Å². The molecule has 0 spiro atoms. The Morgan fingerprint density at radius 1 is 0.955 bits per heavy atom. The molecule has 0 saturated carbocycles. The van der Waals surface area contributed by atoms with Crippen molar-refractivity contribution in [3.63, 3.8) is 0 Å². The smallest absolute Gasteiger partial charge is 0.0144 e. The molecule has 0 bridgehead atoms. The fourth-order valence-corrected chi connectivity index (χ4v) is 4.50. The maximum atomic E-state index is 2.77. The quantitative estimate of drug-likeness (QED) is 0.746. The largest absolute Gasteiger partial charge is 0.300 e. The molecule has 0 aromatic heterocycles. The Morgan fingerprint density at radius 3 is 2.18 bits per heavy atom. The predicted octanol–water partition coefficient (Wildman–Crippen LogP) is 4.64. The second-order valence-electron chi connectivity index (χ2n) is 10.0. The lowest BCUT2D eigenvalue weighted by molar-refractivity contribution is 0.122. The lowest BCUT2D eigenvalue weighted by Crippen LogP contribution is -2.42. The van der Waals surface area contributed by atoms with Crippen LogP contribution in [0.2, 0.25) is 0 Å². The van der Waals surface area contributed by atoms with E-state index in [0.29, 0.717) is 10.8 Å². The standard InChI is InChI=1S/C20H40N2/c1-16(22-14-11-17(15-22)19(2,3)4)10-13-21-12-8-9-18(21)20(5,6)7/h16-18H,8-15H2,1-7H3. The van der Waals surface area contributed by atoms with Crippen LogP contribution in [0.3, 0.4) is 0 Å². The van der Waals surface area contributed by atoms with Crippen LogP contribution in [0.5, 0.6) is 0 Å². The van der Waals surface area contributed by atoms with Gasteiger partial charge in [0.15, 0.2) is 0 Å². The van der Waals surface area contributed by atoms with Crippen LogP contribution >= 0.6 is 0 Å². The number of hydrogen-bond donors (Lipinski definition) is 0. The van der Waals surface area contributed by atoms with Crippen LogP contribution in [0.25, 0.3) is 0 Å². The molecule has 2 saturated heterocycles. The average Bonchev–Trinajstić information content (AvgIpc) is 3.03. The van der Waals surface area contributed by atoms with Crippen molar-refractivity contribution in [2.45, 2.75) is 86.2 Å². The zero-order chi connectivity index (χ0) is 16.5. The summed E-state index contributed by atoms with van der Waals surface area (Å²) in [5, 5.41) is 0. The van der Waals surface area contributed by atoms with Gasteiger partial charge in [0.05, 0.1) is 0 Å². The van der Waals surface area contributed by atoms with Crippen molar-refractivity contribution in [2.24, 2.45) is 16.7 Å². The van der Waals surface area contributed by atoms with E-state index in [0.717, 1.165) is 18.0 Å². The van der Waals surface area contributed by atoms with E-state index >= 15 is 0 Å². The molecular weight excluding hydrogens is 268 g/mol. The molecule has 130 valence electrons. The molecule has 0 N–H and O–H groups in total. The number of likely N-dealkylation sites (tertiary alicyclic amines) is 2. The van der Waals surface area contributed by atoms with Crippen molar-refractivity contribution in [1.82, 2.24) is 9.80 Å². The Hall–Kier alpha value is -0.0800. The van der Waals surface area contributed by atoms with E-state index in [2.05, 4.69) is 58.3 Å². The highest BCUT2D eigenvalue weighted by Crippen LogP contribution is 2.35. The number of rotatable bonds is 4. The first-order valence-corrected chi connectivity index (χ1v) is 9.57. The summed E-state index contributed by atoms with van der Waals surface area (Å²) in [4.78, 5) is 5.52. The fraction of sp³-hybridized carbons (Fsp3) is 1.00. The zero-order valence-corrected chi connectivity index (χ0v) is 16.3. The molecule has 2 fully saturated rings. The van der Waals surface area contributed by atoms with E-state index in [1.807, 2.05) is 0 Å². The van der Waals surface area contributed by atoms with Gasteiger partial charge in [-0.3, -0.25) is 4.90 Å². The van der Waals surface area contributed by atoms with Crippen molar-refractivity contribution in [3.05, 3.63) is 0 Å². The van der Waals surface area contributed by atoms with E-state index in [9.17, 15) is 0 Å². The first-order valence-electron chi connectivity index (χ1n) is 9.57. The Balaban J connectivity index is 1.80. The van der Waals surface area contributed by atoms with E-state index < -0.39 is 0 Å². The molecule has 3 unspecified atom stereocenters. The second-order valence-corrected chi connectivity index (χ2v) is 10.0. The summed E-state index contributed by atoms with van der Waals surface area (Å²) in [6.07, 6.45) is 5.52. The minimum absolute atomic E-state index is 0.435. The lowest BCUT2D eigenvalue weighted by atomic mass is 9.80. The Labute approximate surface area is 139 Å². The van der Waals surface area contributed by atoms with E-state index in [-0.39, 0.29) is 0 Å². The summed E-state index contributed by atoms with van der Waals surface area (Å²) in [6.45, 7) is 22.1. The van der Waals surface area contributed by atoms with Gasteiger partial charge in [-0.1, -0.05) is 41.5 Å². The molecule has 2 heteroatoms. The van der Waals surface area contributed by atoms with Gasteiger partial charge in [0.25, 0.3) is 0 Å². The topological polar surface area (TPSA) is 6.48 Å². The van der Waals surface area contributed by atoms with Gasteiger partial charge < -0.3 is 4.90 Å². The van der Waals surface area contributed by atoms with Crippen LogP contribution in [0, 0.1) is 16.7 Å². The monoisotopic (exact) mass is 308 g/mol. The molecule has 0 aliphatic carbocycles. The summed E-state index contributed by atoms with van der Waals surface area (Å²) >= 11 is 0. The fourth-order valence-electron chi connectivity index (χ4n) is 4.50. The first-order chi connectivity index (χ1) is 10.1. The minimum Gasteiger partial charge on any atom is -0.300 e. The second kappa shape index (κ2) is 6.81. The highest BCUT2D eigenvalue weighted by molar-refractivity contribution is 4.90. The molecule has 2 aliphatic rings. The summed E-state index contributed by atoms with van der Waals surface area (Å²) in [5.74, 6) is 0.879. The third-order valence-corrected chi connectivity index (χ3v) is 6.27. The number of hydrogen-bond acceptors (Lipinski definition) is 2. The molecule has 0 amide bonds. The summed E-state index contributed by atoms with van der Waals surface area (Å²) < 4.78 is 0. The lowest BCUT2D eigenvalue weighted by Gasteiger charge is -2.36. The molecule has 2 heterocycles. The van der Waals surface area contributed by atoms with Crippen molar-refractivity contribution in [2.75, 3.05) is 26.2 Å². The SMILES string of the molecule is CC(CCN1CCCC1C(C)(C)C)N1CCC(C(C)(C)C)C1. The van der Waals surface area contributed by atoms with Gasteiger partial charge in [0, 0.05) is 18.6 Å². The van der Waals surface area contributed by atoms with Crippen LogP contribution in [0.1, 0.15) is 74.1 Å². The van der Waals surface area contributed by atoms with Crippen molar-refractivity contribution in [3.8, 4) is 0 Å². The van der Waals surface area contributed by atoms with Gasteiger partial charge in [-0.15, -0.1) is 0 Å². The molecule has 2 rings (SSSR count). The molecule has 22 heavy (non-hydrogen) atoms. The summed E-state index contributed by atoms with van der Waals surface area (Å²) in [5.41, 5.74) is 0.908. The average molecular weight is 309 g/mol. The molecule has 3 atom stereocenters. The van der Waals surface area contributed by atoms with Crippen LogP contribution in [-0.4, -0.2) is 48.1 Å². The van der Waals surface area contributed by atoms with Crippen molar-refractivity contribution < 1.29 is 0 Å². The third-order valence-electron chi connectivity index (χ3n) is 6.27. The van der Waals surface area contributed by atoms with Gasteiger partial charge in [-0.2, -0.15) is 0 Å². The highest BCUT2D eigenvalue weighted by Gasteiger charge is 2.36. The van der Waals surface area contributed by atoms with Gasteiger partial charge >= 0.3 is 0 Å². The van der Waals surface area contributed by atoms with Gasteiger partial charge in [0.1, 0.15) is 0 Å². The Morgan fingerprint density at radius 2 is 1.64 bits per heavy atom. The maximum Gasteiger partial charge on any atom is 0.0144 e. The number of nitrogens with zero attached hydrogens (tertiary/aromatic N) is 2. The van der Waals surface area contributed by atoms with Crippen LogP contribution < -0.4 is 0 Å². The summed E-state index contributed by atoms with van der Waals surface area (Å²) in [6, 6.07) is 1.54. The van der Waals surface area contributed by atoms with Gasteiger partial charge in [-0.25, -0.2) is 0 Å². The zero-order valence-electron chi connectivity index (χ0n) is 16.3. The third kappa shape index (κ3) is 4.47. The minimum atomic E-state index is 0.435. The normalized spacial score (nSPS) is 30.1. The molecule has 0 aromatic carbocycles. The molecular formula is C20H40N2. The van der Waals surface area contributed by atoms with E-state index in [1.54, 1.807) is 0 Å². The summed E-state index contributed by atoms with van der Waals surface area (Å²) in [7, 11) is 0. The van der Waals surface area contributed by atoms with Crippen molar-refractivity contribution >= 4 is 0 Å². The first kappa shape index (κ1) is 18.3. The maximum absolute atomic E-state index is 2.77. The highest BCUT2D eigenvalue weighted by atomic mass is 15.2. The predicted molar refractivity (Wildman–Crippen MR) is 97.3 cm³/mol. The van der Waals surface area contributed by atoms with Crippen LogP contribution in [0.4, 0.5) is 0 Å². The van der Waals surface area contributed by atoms with E-state index in [1.165, 1.54) is 51.9 Å². The van der Waals surface area contributed by atoms with Crippen LogP contribution in [0.15, 0.2) is 0 Å². The molecule has 2 aliphatic heterocycles.